The van der Waals surface area contributed by atoms with Crippen LogP contribution in [-0.2, 0) is 16.4 Å². The number of nitrogens with one attached hydrogen (secondary N) is 1. The minimum absolute atomic E-state index is 0.0453. The first-order chi connectivity index (χ1) is 10.6. The first kappa shape index (κ1) is 15.1. The fourth-order valence-electron chi connectivity index (χ4n) is 2.91. The van der Waals surface area contributed by atoms with Crippen molar-refractivity contribution in [2.24, 2.45) is 0 Å². The summed E-state index contributed by atoms with van der Waals surface area (Å²) in [6.45, 7) is 0.800. The minimum atomic E-state index is -2.96. The summed E-state index contributed by atoms with van der Waals surface area (Å²) in [7, 11) is -2.96. The van der Waals surface area contributed by atoms with Gasteiger partial charge in [-0.2, -0.15) is 0 Å². The monoisotopic (exact) mass is 317 g/mol. The molecule has 0 saturated carbocycles. The number of benzene rings is 2. The van der Waals surface area contributed by atoms with Crippen LogP contribution in [0, 0.1) is 0 Å². The SMILES string of the molecule is O=S1(=O)C[C@@H](Nc2ccccc2)[C@H]([NH2+]Cc2ccccc2)C1. The highest BCUT2D eigenvalue weighted by Gasteiger charge is 2.40. The molecule has 2 aromatic carbocycles. The molecule has 0 bridgehead atoms. The molecule has 2 atom stereocenters. The zero-order chi connectivity index (χ0) is 15.4. The van der Waals surface area contributed by atoms with Crippen LogP contribution in [0.3, 0.4) is 0 Å². The Bertz CT molecular complexity index is 702. The molecule has 0 aromatic heterocycles. The predicted octanol–water partition coefficient (Wildman–Crippen LogP) is 1.03. The maximum atomic E-state index is 12.0. The van der Waals surface area contributed by atoms with Crippen molar-refractivity contribution in [2.75, 3.05) is 16.8 Å². The van der Waals surface area contributed by atoms with Crippen molar-refractivity contribution in [3.63, 3.8) is 0 Å². The lowest BCUT2D eigenvalue weighted by atomic mass is 10.1. The number of quaternary nitrogens is 1. The van der Waals surface area contributed by atoms with Gasteiger partial charge in [-0.15, -0.1) is 0 Å². The highest BCUT2D eigenvalue weighted by atomic mass is 32.2. The Morgan fingerprint density at radius 2 is 1.59 bits per heavy atom. The van der Waals surface area contributed by atoms with E-state index in [4.69, 9.17) is 0 Å². The number of hydrogen-bond acceptors (Lipinski definition) is 3. The van der Waals surface area contributed by atoms with Crippen molar-refractivity contribution in [1.82, 2.24) is 0 Å². The van der Waals surface area contributed by atoms with Gasteiger partial charge in [0, 0.05) is 11.3 Å². The average molecular weight is 317 g/mol. The second kappa shape index (κ2) is 6.50. The van der Waals surface area contributed by atoms with Crippen LogP contribution in [0.25, 0.3) is 0 Å². The Morgan fingerprint density at radius 1 is 0.955 bits per heavy atom. The topological polar surface area (TPSA) is 62.8 Å². The summed E-state index contributed by atoms with van der Waals surface area (Å²) in [4.78, 5) is 0. The van der Waals surface area contributed by atoms with Crippen LogP contribution in [0.2, 0.25) is 0 Å². The van der Waals surface area contributed by atoms with Gasteiger partial charge in [-0.25, -0.2) is 8.42 Å². The van der Waals surface area contributed by atoms with Gasteiger partial charge in [-0.1, -0.05) is 48.5 Å². The van der Waals surface area contributed by atoms with E-state index >= 15 is 0 Å². The molecule has 1 heterocycles. The molecule has 4 nitrogen and oxygen atoms in total. The van der Waals surface area contributed by atoms with Crippen molar-refractivity contribution in [1.29, 1.82) is 0 Å². The van der Waals surface area contributed by atoms with Gasteiger partial charge in [0.25, 0.3) is 0 Å². The minimum Gasteiger partial charge on any atom is -0.376 e. The van der Waals surface area contributed by atoms with Crippen molar-refractivity contribution < 1.29 is 13.7 Å². The third-order valence-electron chi connectivity index (χ3n) is 4.02. The molecule has 0 amide bonds. The number of anilines is 1. The van der Waals surface area contributed by atoms with Crippen LogP contribution in [0.1, 0.15) is 5.56 Å². The number of nitrogens with two attached hydrogens (primary N) is 1. The molecular formula is C17H21N2O2S+. The molecule has 116 valence electrons. The summed E-state index contributed by atoms with van der Waals surface area (Å²) in [5, 5.41) is 5.51. The lowest BCUT2D eigenvalue weighted by Crippen LogP contribution is -2.91. The van der Waals surface area contributed by atoms with Crippen molar-refractivity contribution >= 4 is 15.5 Å². The molecule has 1 aliphatic heterocycles. The van der Waals surface area contributed by atoms with Gasteiger partial charge in [0.05, 0.1) is 11.8 Å². The lowest BCUT2D eigenvalue weighted by molar-refractivity contribution is -0.700. The van der Waals surface area contributed by atoms with Crippen molar-refractivity contribution in [2.45, 2.75) is 18.6 Å². The molecule has 3 rings (SSSR count). The number of sulfone groups is 1. The van der Waals surface area contributed by atoms with E-state index in [9.17, 15) is 8.42 Å². The average Bonchev–Trinajstić information content (AvgIpc) is 2.81. The van der Waals surface area contributed by atoms with E-state index in [2.05, 4.69) is 22.8 Å². The zero-order valence-electron chi connectivity index (χ0n) is 12.4. The smallest absolute Gasteiger partial charge is 0.158 e. The molecular weight excluding hydrogens is 296 g/mol. The van der Waals surface area contributed by atoms with Crippen LogP contribution < -0.4 is 10.6 Å². The molecule has 22 heavy (non-hydrogen) atoms. The highest BCUT2D eigenvalue weighted by Crippen LogP contribution is 2.16. The molecule has 1 saturated heterocycles. The Kier molecular flexibility index (Phi) is 4.45. The van der Waals surface area contributed by atoms with E-state index < -0.39 is 9.84 Å². The molecule has 0 unspecified atom stereocenters. The molecule has 2 aromatic rings. The fourth-order valence-corrected chi connectivity index (χ4v) is 4.87. The maximum Gasteiger partial charge on any atom is 0.158 e. The Balaban J connectivity index is 1.67. The Labute approximate surface area is 131 Å². The lowest BCUT2D eigenvalue weighted by Gasteiger charge is -2.19. The third-order valence-corrected chi connectivity index (χ3v) is 5.78. The predicted molar refractivity (Wildman–Crippen MR) is 88.4 cm³/mol. The summed E-state index contributed by atoms with van der Waals surface area (Å²) in [5.41, 5.74) is 2.19. The van der Waals surface area contributed by atoms with E-state index in [0.717, 1.165) is 12.2 Å². The number of para-hydroxylation sites is 1. The van der Waals surface area contributed by atoms with Crippen LogP contribution in [-0.4, -0.2) is 32.0 Å². The van der Waals surface area contributed by atoms with Gasteiger partial charge in [-0.3, -0.25) is 0 Å². The van der Waals surface area contributed by atoms with Gasteiger partial charge < -0.3 is 10.6 Å². The fraction of sp³-hybridized carbons (Fsp3) is 0.294. The molecule has 1 fully saturated rings. The molecule has 0 radical (unpaired) electrons. The van der Waals surface area contributed by atoms with Crippen LogP contribution in [0.5, 0.6) is 0 Å². The molecule has 5 heteroatoms. The second-order valence-electron chi connectivity index (χ2n) is 5.78. The second-order valence-corrected chi connectivity index (χ2v) is 7.94. The zero-order valence-corrected chi connectivity index (χ0v) is 13.2. The number of hydrogen-bond donors (Lipinski definition) is 2. The van der Waals surface area contributed by atoms with E-state index in [1.165, 1.54) is 5.56 Å². The largest absolute Gasteiger partial charge is 0.376 e. The quantitative estimate of drug-likeness (QED) is 0.866. The Hall–Kier alpha value is -1.85. The molecule has 0 spiro atoms. The molecule has 1 aliphatic rings. The summed E-state index contributed by atoms with van der Waals surface area (Å²) >= 11 is 0. The van der Waals surface area contributed by atoms with Crippen molar-refractivity contribution in [3.8, 4) is 0 Å². The standard InChI is InChI=1S/C17H20N2O2S/c20-22(21)12-16(18-11-14-7-3-1-4-8-14)17(13-22)19-15-9-5-2-6-10-15/h1-10,16-19H,11-13H2/p+1/t16-,17-/m1/s1. The van der Waals surface area contributed by atoms with Gasteiger partial charge in [-0.05, 0) is 12.1 Å². The van der Waals surface area contributed by atoms with Crippen LogP contribution in [0.15, 0.2) is 60.7 Å². The third kappa shape index (κ3) is 3.87. The first-order valence-electron chi connectivity index (χ1n) is 7.52. The van der Waals surface area contributed by atoms with E-state index in [-0.39, 0.29) is 23.6 Å². The van der Waals surface area contributed by atoms with E-state index in [1.807, 2.05) is 48.5 Å². The molecule has 0 aliphatic carbocycles. The van der Waals surface area contributed by atoms with E-state index in [0.29, 0.717) is 0 Å². The molecule has 3 N–H and O–H groups in total. The van der Waals surface area contributed by atoms with Crippen LogP contribution >= 0.6 is 0 Å². The van der Waals surface area contributed by atoms with E-state index in [1.54, 1.807) is 0 Å². The van der Waals surface area contributed by atoms with Gasteiger partial charge in [0.1, 0.15) is 18.3 Å². The van der Waals surface area contributed by atoms with Gasteiger partial charge >= 0.3 is 0 Å². The van der Waals surface area contributed by atoms with Crippen molar-refractivity contribution in [3.05, 3.63) is 66.2 Å². The normalized spacial score (nSPS) is 23.3. The summed E-state index contributed by atoms with van der Waals surface area (Å²) in [6, 6.07) is 19.9. The summed E-state index contributed by atoms with van der Waals surface area (Å²) in [5.74, 6) is 0.447. The summed E-state index contributed by atoms with van der Waals surface area (Å²) in [6.07, 6.45) is 0. The number of rotatable bonds is 5. The highest BCUT2D eigenvalue weighted by molar-refractivity contribution is 7.91. The maximum absolute atomic E-state index is 12.0. The van der Waals surface area contributed by atoms with Crippen LogP contribution in [0.4, 0.5) is 5.69 Å². The summed E-state index contributed by atoms with van der Waals surface area (Å²) < 4.78 is 24.0. The first-order valence-corrected chi connectivity index (χ1v) is 9.34. The van der Waals surface area contributed by atoms with Gasteiger partial charge in [0.2, 0.25) is 0 Å². The van der Waals surface area contributed by atoms with Gasteiger partial charge in [0.15, 0.2) is 9.84 Å². The Morgan fingerprint density at radius 3 is 2.27 bits per heavy atom.